The number of hydrogen-bond acceptors (Lipinski definition) is 2. The number of ether oxygens (including phenoxy) is 1. The highest BCUT2D eigenvalue weighted by Crippen LogP contribution is 2.21. The summed E-state index contributed by atoms with van der Waals surface area (Å²) in [4.78, 5) is 0. The third-order valence-electron chi connectivity index (χ3n) is 3.10. The van der Waals surface area contributed by atoms with Crippen molar-refractivity contribution in [2.24, 2.45) is 0 Å². The third kappa shape index (κ3) is 4.61. The molecule has 0 aromatic heterocycles. The van der Waals surface area contributed by atoms with Gasteiger partial charge in [0.15, 0.2) is 0 Å². The quantitative estimate of drug-likeness (QED) is 0.827. The van der Waals surface area contributed by atoms with Gasteiger partial charge in [-0.05, 0) is 44.9 Å². The van der Waals surface area contributed by atoms with Gasteiger partial charge in [-0.15, -0.1) is 0 Å². The van der Waals surface area contributed by atoms with E-state index in [1.54, 1.807) is 24.3 Å². The SMILES string of the molecule is CCC(C)(C)NC(C)c1ccc(OC(F)F)cc1. The van der Waals surface area contributed by atoms with Gasteiger partial charge in [0.1, 0.15) is 5.75 Å². The second kappa shape index (κ2) is 6.14. The van der Waals surface area contributed by atoms with E-state index in [9.17, 15) is 8.78 Å². The molecule has 1 unspecified atom stereocenters. The van der Waals surface area contributed by atoms with Crippen LogP contribution in [0.3, 0.4) is 0 Å². The van der Waals surface area contributed by atoms with Crippen LogP contribution in [0.5, 0.6) is 5.75 Å². The van der Waals surface area contributed by atoms with E-state index in [2.05, 4.69) is 37.7 Å². The summed E-state index contributed by atoms with van der Waals surface area (Å²) >= 11 is 0. The number of hydrogen-bond donors (Lipinski definition) is 1. The maximum absolute atomic E-state index is 12.0. The molecule has 0 radical (unpaired) electrons. The topological polar surface area (TPSA) is 21.3 Å². The van der Waals surface area contributed by atoms with Crippen LogP contribution in [0, 0.1) is 0 Å². The van der Waals surface area contributed by atoms with Crippen LogP contribution in [0.15, 0.2) is 24.3 Å². The summed E-state index contributed by atoms with van der Waals surface area (Å²) in [7, 11) is 0. The lowest BCUT2D eigenvalue weighted by molar-refractivity contribution is -0.0498. The van der Waals surface area contributed by atoms with Crippen LogP contribution < -0.4 is 10.1 Å². The summed E-state index contributed by atoms with van der Waals surface area (Å²) in [5, 5.41) is 3.49. The van der Waals surface area contributed by atoms with Gasteiger partial charge in [0, 0.05) is 11.6 Å². The lowest BCUT2D eigenvalue weighted by Crippen LogP contribution is -2.40. The highest BCUT2D eigenvalue weighted by atomic mass is 19.3. The van der Waals surface area contributed by atoms with Crippen LogP contribution in [-0.4, -0.2) is 12.2 Å². The first-order valence-corrected chi connectivity index (χ1v) is 6.16. The predicted octanol–water partition coefficient (Wildman–Crippen LogP) is 4.13. The highest BCUT2D eigenvalue weighted by molar-refractivity contribution is 5.29. The lowest BCUT2D eigenvalue weighted by atomic mass is 9.98. The summed E-state index contributed by atoms with van der Waals surface area (Å²) < 4.78 is 28.3. The average Bonchev–Trinajstić information content (AvgIpc) is 2.28. The Balaban J connectivity index is 2.67. The zero-order chi connectivity index (χ0) is 13.8. The minimum atomic E-state index is -2.77. The number of halogens is 2. The van der Waals surface area contributed by atoms with Crippen LogP contribution in [0.4, 0.5) is 8.78 Å². The Hall–Kier alpha value is -1.16. The van der Waals surface area contributed by atoms with Gasteiger partial charge < -0.3 is 10.1 Å². The van der Waals surface area contributed by atoms with Crippen LogP contribution in [0.1, 0.15) is 45.7 Å². The molecule has 0 aliphatic carbocycles. The van der Waals surface area contributed by atoms with Crippen molar-refractivity contribution in [2.75, 3.05) is 0 Å². The van der Waals surface area contributed by atoms with Crippen LogP contribution in [-0.2, 0) is 0 Å². The minimum absolute atomic E-state index is 0.0531. The first-order valence-electron chi connectivity index (χ1n) is 6.16. The fraction of sp³-hybridized carbons (Fsp3) is 0.571. The van der Waals surface area contributed by atoms with Crippen molar-refractivity contribution >= 4 is 0 Å². The van der Waals surface area contributed by atoms with Crippen molar-refractivity contribution in [3.8, 4) is 5.75 Å². The molecule has 0 fully saturated rings. The molecule has 4 heteroatoms. The standard InChI is InChI=1S/C14H21F2NO/c1-5-14(3,4)17-10(2)11-6-8-12(9-7-11)18-13(15)16/h6-10,13,17H,5H2,1-4H3. The molecule has 0 bridgehead atoms. The van der Waals surface area contributed by atoms with Crippen molar-refractivity contribution in [3.05, 3.63) is 29.8 Å². The first kappa shape index (κ1) is 14.9. The van der Waals surface area contributed by atoms with E-state index in [-0.39, 0.29) is 17.3 Å². The smallest absolute Gasteiger partial charge is 0.387 e. The number of nitrogens with one attached hydrogen (secondary N) is 1. The van der Waals surface area contributed by atoms with E-state index in [1.807, 2.05) is 0 Å². The Morgan fingerprint density at radius 2 is 1.78 bits per heavy atom. The average molecular weight is 257 g/mol. The molecular weight excluding hydrogens is 236 g/mol. The second-order valence-corrected chi connectivity index (χ2v) is 5.05. The molecule has 0 saturated heterocycles. The normalized spacial score (nSPS) is 13.7. The second-order valence-electron chi connectivity index (χ2n) is 5.05. The summed E-state index contributed by atoms with van der Waals surface area (Å²) in [6.45, 7) is 5.68. The molecule has 1 aromatic carbocycles. The Morgan fingerprint density at radius 1 is 1.22 bits per heavy atom. The third-order valence-corrected chi connectivity index (χ3v) is 3.10. The Morgan fingerprint density at radius 3 is 2.22 bits per heavy atom. The zero-order valence-corrected chi connectivity index (χ0v) is 11.3. The molecule has 18 heavy (non-hydrogen) atoms. The van der Waals surface area contributed by atoms with E-state index >= 15 is 0 Å². The molecule has 2 nitrogen and oxygen atoms in total. The summed E-state index contributed by atoms with van der Waals surface area (Å²) in [6.07, 6.45) is 1.02. The van der Waals surface area contributed by atoms with Gasteiger partial charge in [-0.25, -0.2) is 0 Å². The molecular formula is C14H21F2NO. The molecule has 0 aliphatic rings. The van der Waals surface area contributed by atoms with E-state index < -0.39 is 6.61 Å². The summed E-state index contributed by atoms with van der Waals surface area (Å²) in [5.74, 6) is 0.190. The van der Waals surface area contributed by atoms with E-state index in [1.165, 1.54) is 0 Å². The maximum atomic E-state index is 12.0. The fourth-order valence-corrected chi connectivity index (χ4v) is 1.71. The summed E-state index contributed by atoms with van der Waals surface area (Å²) in [5.41, 5.74) is 1.11. The molecule has 0 aliphatic heterocycles. The molecule has 0 amide bonds. The Kier molecular flexibility index (Phi) is 5.08. The highest BCUT2D eigenvalue weighted by Gasteiger charge is 2.18. The molecule has 1 atom stereocenters. The molecule has 0 heterocycles. The van der Waals surface area contributed by atoms with E-state index in [4.69, 9.17) is 0 Å². The molecule has 1 N–H and O–H groups in total. The molecule has 0 spiro atoms. The predicted molar refractivity (Wildman–Crippen MR) is 69.0 cm³/mol. The number of rotatable bonds is 6. The monoisotopic (exact) mass is 257 g/mol. The van der Waals surface area contributed by atoms with Crippen molar-refractivity contribution in [1.82, 2.24) is 5.32 Å². The molecule has 1 aromatic rings. The van der Waals surface area contributed by atoms with E-state index in [0.717, 1.165) is 12.0 Å². The Bertz CT molecular complexity index is 363. The van der Waals surface area contributed by atoms with Gasteiger partial charge in [-0.2, -0.15) is 8.78 Å². The number of benzene rings is 1. The maximum Gasteiger partial charge on any atom is 0.387 e. The largest absolute Gasteiger partial charge is 0.435 e. The van der Waals surface area contributed by atoms with Crippen LogP contribution in [0.2, 0.25) is 0 Å². The van der Waals surface area contributed by atoms with Crippen molar-refractivity contribution < 1.29 is 13.5 Å². The van der Waals surface area contributed by atoms with Gasteiger partial charge in [-0.1, -0.05) is 19.1 Å². The van der Waals surface area contributed by atoms with Gasteiger partial charge in [0.05, 0.1) is 0 Å². The van der Waals surface area contributed by atoms with Gasteiger partial charge in [-0.3, -0.25) is 0 Å². The van der Waals surface area contributed by atoms with Crippen molar-refractivity contribution in [1.29, 1.82) is 0 Å². The molecule has 102 valence electrons. The van der Waals surface area contributed by atoms with Crippen molar-refractivity contribution in [2.45, 2.75) is 52.3 Å². The van der Waals surface area contributed by atoms with E-state index in [0.29, 0.717) is 0 Å². The molecule has 0 saturated carbocycles. The van der Waals surface area contributed by atoms with Crippen LogP contribution in [0.25, 0.3) is 0 Å². The Labute approximate surface area is 107 Å². The minimum Gasteiger partial charge on any atom is -0.435 e. The van der Waals surface area contributed by atoms with Gasteiger partial charge in [0.25, 0.3) is 0 Å². The van der Waals surface area contributed by atoms with Gasteiger partial charge >= 0.3 is 6.61 Å². The summed E-state index contributed by atoms with van der Waals surface area (Å²) in [6, 6.07) is 6.92. The number of alkyl halides is 2. The molecule has 1 rings (SSSR count). The van der Waals surface area contributed by atoms with Gasteiger partial charge in [0.2, 0.25) is 0 Å². The zero-order valence-electron chi connectivity index (χ0n) is 11.3. The lowest BCUT2D eigenvalue weighted by Gasteiger charge is -2.29. The van der Waals surface area contributed by atoms with Crippen molar-refractivity contribution in [3.63, 3.8) is 0 Å². The van der Waals surface area contributed by atoms with Crippen LogP contribution >= 0.6 is 0 Å². The first-order chi connectivity index (χ1) is 8.34. The fourth-order valence-electron chi connectivity index (χ4n) is 1.71.